The number of hydrogen-bond donors (Lipinski definition) is 2. The molecule has 0 aliphatic heterocycles. The van der Waals surface area contributed by atoms with Crippen molar-refractivity contribution in [3.05, 3.63) is 0 Å². The van der Waals surface area contributed by atoms with Crippen molar-refractivity contribution in [2.75, 3.05) is 27.2 Å². The third-order valence-corrected chi connectivity index (χ3v) is 3.06. The van der Waals surface area contributed by atoms with Gasteiger partial charge in [0.1, 0.15) is 12.1 Å². The molecule has 0 bridgehead atoms. The average molecular weight is 273 g/mol. The van der Waals surface area contributed by atoms with E-state index in [4.69, 9.17) is 5.11 Å². The van der Waals surface area contributed by atoms with E-state index in [-0.39, 0.29) is 18.9 Å². The van der Waals surface area contributed by atoms with Gasteiger partial charge in [-0.3, -0.25) is 4.79 Å². The van der Waals surface area contributed by atoms with Gasteiger partial charge >= 0.3 is 12.0 Å². The number of carbonyl (C=O) groups is 3. The summed E-state index contributed by atoms with van der Waals surface area (Å²) in [4.78, 5) is 37.3. The van der Waals surface area contributed by atoms with Crippen LogP contribution in [0.2, 0.25) is 0 Å². The zero-order valence-electron chi connectivity index (χ0n) is 12.2. The minimum absolute atomic E-state index is 0.0747. The van der Waals surface area contributed by atoms with Gasteiger partial charge in [0.05, 0.1) is 0 Å². The van der Waals surface area contributed by atoms with Gasteiger partial charge in [0, 0.05) is 20.6 Å². The van der Waals surface area contributed by atoms with Crippen molar-refractivity contribution in [2.45, 2.75) is 32.7 Å². The summed E-state index contributed by atoms with van der Waals surface area (Å²) in [5.74, 6) is -1.32. The molecule has 7 heteroatoms. The highest BCUT2D eigenvalue weighted by molar-refractivity contribution is 5.88. The summed E-state index contributed by atoms with van der Waals surface area (Å²) in [6, 6.07) is -0.551. The van der Waals surface area contributed by atoms with Crippen molar-refractivity contribution in [1.82, 2.24) is 15.1 Å². The van der Waals surface area contributed by atoms with E-state index in [0.717, 1.165) is 0 Å². The Bertz CT molecular complexity index is 357. The van der Waals surface area contributed by atoms with Crippen LogP contribution in [0.3, 0.4) is 0 Å². The molecular formula is C12H23N3O4. The quantitative estimate of drug-likeness (QED) is 0.731. The highest BCUT2D eigenvalue weighted by Gasteiger charge is 2.34. The molecule has 0 aromatic rings. The van der Waals surface area contributed by atoms with Crippen LogP contribution in [0.15, 0.2) is 0 Å². The van der Waals surface area contributed by atoms with E-state index in [2.05, 4.69) is 5.32 Å². The second kappa shape index (κ2) is 6.96. The van der Waals surface area contributed by atoms with E-state index in [9.17, 15) is 14.4 Å². The second-order valence-electron chi connectivity index (χ2n) is 4.72. The van der Waals surface area contributed by atoms with Crippen molar-refractivity contribution < 1.29 is 19.5 Å². The van der Waals surface area contributed by atoms with Crippen molar-refractivity contribution in [1.29, 1.82) is 0 Å². The molecule has 1 unspecified atom stereocenters. The van der Waals surface area contributed by atoms with E-state index < -0.39 is 17.5 Å². The van der Waals surface area contributed by atoms with Crippen LogP contribution in [0, 0.1) is 0 Å². The number of nitrogens with one attached hydrogen (secondary N) is 1. The van der Waals surface area contributed by atoms with Crippen LogP contribution in [0.1, 0.15) is 27.2 Å². The van der Waals surface area contributed by atoms with Crippen molar-refractivity contribution >= 4 is 17.9 Å². The summed E-state index contributed by atoms with van der Waals surface area (Å²) in [5.41, 5.74) is -1.33. The zero-order chi connectivity index (χ0) is 15.2. The summed E-state index contributed by atoms with van der Waals surface area (Å²) in [7, 11) is 3.20. The third kappa shape index (κ3) is 4.76. The summed E-state index contributed by atoms with van der Waals surface area (Å²) in [6.45, 7) is 5.09. The lowest BCUT2D eigenvalue weighted by molar-refractivity contribution is -0.143. The number of aliphatic carboxylic acids is 1. The Labute approximate surface area is 113 Å². The van der Waals surface area contributed by atoms with Gasteiger partial charge in [0.25, 0.3) is 0 Å². The van der Waals surface area contributed by atoms with Crippen LogP contribution < -0.4 is 5.32 Å². The molecule has 0 heterocycles. The Morgan fingerprint density at radius 1 is 1.21 bits per heavy atom. The Balaban J connectivity index is 4.77. The molecule has 0 rings (SSSR count). The maximum atomic E-state index is 12.0. The van der Waals surface area contributed by atoms with Crippen LogP contribution in [-0.4, -0.2) is 65.5 Å². The highest BCUT2D eigenvalue weighted by atomic mass is 16.4. The largest absolute Gasteiger partial charge is 0.480 e. The predicted molar refractivity (Wildman–Crippen MR) is 70.8 cm³/mol. The Hall–Kier alpha value is -1.79. The minimum Gasteiger partial charge on any atom is -0.480 e. The maximum Gasteiger partial charge on any atom is 0.329 e. The first-order valence-corrected chi connectivity index (χ1v) is 6.18. The molecule has 0 radical (unpaired) electrons. The molecule has 0 spiro atoms. The lowest BCUT2D eigenvalue weighted by atomic mass is 10.00. The standard InChI is InChI=1S/C12H23N3O4/c1-6-12(3,10(17)18)13-11(19)15(7-2)8-9(16)14(4)5/h6-8H2,1-5H3,(H,13,19)(H,17,18). The third-order valence-electron chi connectivity index (χ3n) is 3.06. The van der Waals surface area contributed by atoms with E-state index in [1.807, 2.05) is 0 Å². The highest BCUT2D eigenvalue weighted by Crippen LogP contribution is 2.10. The second-order valence-corrected chi connectivity index (χ2v) is 4.72. The number of carboxylic acids is 1. The SMILES string of the molecule is CCN(CC(=O)N(C)C)C(=O)NC(C)(CC)C(=O)O. The van der Waals surface area contributed by atoms with Gasteiger partial charge in [-0.15, -0.1) is 0 Å². The number of amides is 3. The lowest BCUT2D eigenvalue weighted by Crippen LogP contribution is -2.56. The first-order chi connectivity index (χ1) is 8.67. The van der Waals surface area contributed by atoms with Crippen molar-refractivity contribution in [3.63, 3.8) is 0 Å². The van der Waals surface area contributed by atoms with E-state index >= 15 is 0 Å². The summed E-state index contributed by atoms with van der Waals surface area (Å²) in [6.07, 6.45) is 0.257. The molecule has 0 aromatic carbocycles. The molecule has 0 saturated carbocycles. The maximum absolute atomic E-state index is 12.0. The van der Waals surface area contributed by atoms with Gasteiger partial charge < -0.3 is 20.2 Å². The number of urea groups is 1. The summed E-state index contributed by atoms with van der Waals surface area (Å²) >= 11 is 0. The lowest BCUT2D eigenvalue weighted by Gasteiger charge is -2.29. The van der Waals surface area contributed by atoms with Crippen LogP contribution in [-0.2, 0) is 9.59 Å². The molecule has 3 amide bonds. The topological polar surface area (TPSA) is 90.0 Å². The first kappa shape index (κ1) is 17.2. The number of rotatable bonds is 6. The van der Waals surface area contributed by atoms with Gasteiger partial charge in [-0.2, -0.15) is 0 Å². The molecule has 0 aromatic heterocycles. The molecule has 0 fully saturated rings. The molecular weight excluding hydrogens is 250 g/mol. The number of carbonyl (C=O) groups excluding carboxylic acids is 2. The van der Waals surface area contributed by atoms with Crippen molar-refractivity contribution in [2.24, 2.45) is 0 Å². The fourth-order valence-corrected chi connectivity index (χ4v) is 1.24. The van der Waals surface area contributed by atoms with Gasteiger partial charge in [-0.1, -0.05) is 6.92 Å². The van der Waals surface area contributed by atoms with Crippen LogP contribution in [0.4, 0.5) is 4.79 Å². The molecule has 19 heavy (non-hydrogen) atoms. The fourth-order valence-electron chi connectivity index (χ4n) is 1.24. The molecule has 110 valence electrons. The van der Waals surface area contributed by atoms with Crippen LogP contribution in [0.5, 0.6) is 0 Å². The zero-order valence-corrected chi connectivity index (χ0v) is 12.2. The Kier molecular flexibility index (Phi) is 6.31. The monoisotopic (exact) mass is 273 g/mol. The smallest absolute Gasteiger partial charge is 0.329 e. The van der Waals surface area contributed by atoms with E-state index in [1.54, 1.807) is 27.9 Å². The molecule has 7 nitrogen and oxygen atoms in total. The first-order valence-electron chi connectivity index (χ1n) is 6.18. The number of hydrogen-bond acceptors (Lipinski definition) is 3. The van der Waals surface area contributed by atoms with Crippen LogP contribution in [0.25, 0.3) is 0 Å². The number of likely N-dealkylation sites (N-methyl/N-ethyl adjacent to an activating group) is 2. The molecule has 0 aliphatic carbocycles. The predicted octanol–water partition coefficient (Wildman–Crippen LogP) is 0.359. The summed E-state index contributed by atoms with van der Waals surface area (Å²) in [5, 5.41) is 11.6. The Morgan fingerprint density at radius 2 is 1.74 bits per heavy atom. The van der Waals surface area contributed by atoms with Gasteiger partial charge in [-0.05, 0) is 20.3 Å². The Morgan fingerprint density at radius 3 is 2.05 bits per heavy atom. The summed E-state index contributed by atoms with van der Waals surface area (Å²) < 4.78 is 0. The van der Waals surface area contributed by atoms with Gasteiger partial charge in [-0.25, -0.2) is 9.59 Å². The molecule has 0 saturated heterocycles. The van der Waals surface area contributed by atoms with Crippen LogP contribution >= 0.6 is 0 Å². The van der Waals surface area contributed by atoms with E-state index in [1.165, 1.54) is 16.7 Å². The van der Waals surface area contributed by atoms with Gasteiger partial charge in [0.2, 0.25) is 5.91 Å². The number of nitrogens with zero attached hydrogens (tertiary/aromatic N) is 2. The van der Waals surface area contributed by atoms with Gasteiger partial charge in [0.15, 0.2) is 0 Å². The van der Waals surface area contributed by atoms with E-state index in [0.29, 0.717) is 6.54 Å². The normalized spacial score (nSPS) is 13.3. The molecule has 0 aliphatic rings. The molecule has 2 N–H and O–H groups in total. The number of carboxylic acid groups (broad SMARTS) is 1. The molecule has 1 atom stereocenters. The minimum atomic E-state index is -1.33. The average Bonchev–Trinajstić information content (AvgIpc) is 2.34. The fraction of sp³-hybridized carbons (Fsp3) is 0.750. The van der Waals surface area contributed by atoms with Crippen molar-refractivity contribution in [3.8, 4) is 0 Å².